The van der Waals surface area contributed by atoms with Gasteiger partial charge in [0.1, 0.15) is 0 Å². The van der Waals surface area contributed by atoms with Crippen molar-refractivity contribution in [2.75, 3.05) is 4.90 Å². The topological polar surface area (TPSA) is 8.17 Å². The monoisotopic (exact) mass is 820 g/mol. The molecule has 0 bridgehead atoms. The van der Waals surface area contributed by atoms with Gasteiger partial charge < -0.3 is 9.47 Å². The third kappa shape index (κ3) is 6.41. The molecule has 0 spiro atoms. The van der Waals surface area contributed by atoms with Crippen molar-refractivity contribution in [3.8, 4) is 50.2 Å². The van der Waals surface area contributed by atoms with Gasteiger partial charge in [-0.15, -0.1) is 11.3 Å². The van der Waals surface area contributed by atoms with Gasteiger partial charge in [-0.25, -0.2) is 0 Å². The number of anilines is 3. The summed E-state index contributed by atoms with van der Waals surface area (Å²) in [4.78, 5) is 2.39. The highest BCUT2D eigenvalue weighted by Crippen LogP contribution is 2.46. The molecule has 2 nitrogen and oxygen atoms in total. The minimum absolute atomic E-state index is 1.08. The second-order valence-corrected chi connectivity index (χ2v) is 17.1. The van der Waals surface area contributed by atoms with Crippen LogP contribution in [-0.2, 0) is 0 Å². The maximum absolute atomic E-state index is 2.47. The van der Waals surface area contributed by atoms with E-state index in [1.165, 1.54) is 80.9 Å². The molecule has 10 aromatic carbocycles. The van der Waals surface area contributed by atoms with Crippen molar-refractivity contribution in [3.05, 3.63) is 243 Å². The molecule has 0 radical (unpaired) electrons. The predicted molar refractivity (Wildman–Crippen MR) is 270 cm³/mol. The van der Waals surface area contributed by atoms with Crippen LogP contribution in [0, 0.1) is 0 Å². The van der Waals surface area contributed by atoms with E-state index >= 15 is 0 Å². The van der Waals surface area contributed by atoms with Crippen LogP contribution >= 0.6 is 11.3 Å². The quantitative estimate of drug-likeness (QED) is 0.148. The summed E-state index contributed by atoms with van der Waals surface area (Å²) >= 11 is 1.87. The summed E-state index contributed by atoms with van der Waals surface area (Å²) in [5.74, 6) is 0. The molecule has 0 saturated heterocycles. The highest BCUT2D eigenvalue weighted by atomic mass is 32.1. The van der Waals surface area contributed by atoms with Gasteiger partial charge in [0.15, 0.2) is 0 Å². The first kappa shape index (κ1) is 36.8. The summed E-state index contributed by atoms with van der Waals surface area (Å²) in [6.07, 6.45) is 0. The summed E-state index contributed by atoms with van der Waals surface area (Å²) in [5, 5.41) is 5.11. The van der Waals surface area contributed by atoms with Crippen LogP contribution in [0.15, 0.2) is 243 Å². The number of para-hydroxylation sites is 3. The molecule has 12 rings (SSSR count). The lowest BCUT2D eigenvalue weighted by molar-refractivity contribution is 1.18. The van der Waals surface area contributed by atoms with Gasteiger partial charge >= 0.3 is 0 Å². The molecule has 0 fully saturated rings. The fourth-order valence-electron chi connectivity index (χ4n) is 9.52. The van der Waals surface area contributed by atoms with E-state index in [-0.39, 0.29) is 0 Å². The second-order valence-electron chi connectivity index (χ2n) is 16.1. The molecule has 0 atom stereocenters. The lowest BCUT2D eigenvalue weighted by Crippen LogP contribution is -2.11. The van der Waals surface area contributed by atoms with Crippen LogP contribution in [0.1, 0.15) is 0 Å². The average molecular weight is 821 g/mol. The van der Waals surface area contributed by atoms with Crippen LogP contribution in [0.5, 0.6) is 0 Å². The summed E-state index contributed by atoms with van der Waals surface area (Å²) in [6.45, 7) is 0. The first-order chi connectivity index (χ1) is 31.3. The molecule has 2 aromatic heterocycles. The minimum Gasteiger partial charge on any atom is -0.310 e. The van der Waals surface area contributed by atoms with Crippen LogP contribution in [-0.4, -0.2) is 4.57 Å². The Balaban J connectivity index is 1.05. The molecule has 12 aromatic rings. The van der Waals surface area contributed by atoms with E-state index in [9.17, 15) is 0 Å². The number of hydrogen-bond donors (Lipinski definition) is 0. The Labute approximate surface area is 370 Å². The highest BCUT2D eigenvalue weighted by molar-refractivity contribution is 7.25. The lowest BCUT2D eigenvalue weighted by Gasteiger charge is -2.28. The van der Waals surface area contributed by atoms with Crippen molar-refractivity contribution in [2.24, 2.45) is 0 Å². The van der Waals surface area contributed by atoms with E-state index < -0.39 is 0 Å². The number of aromatic nitrogens is 1. The standard InChI is InChI=1S/C60H40N2S/c1-3-16-41(17-4-1)42-30-35-46(36-31-42)61(54-25-11-7-20-48(54)43-18-5-2-6-19-43)47-37-32-44(33-38-47)49-24-15-28-57(62-55-26-12-8-21-50(55)51-22-9-13-27-56(51)62)60(49)45-34-39-53-52-23-10-14-29-58(52)63-59(53)40-45/h1-40H. The van der Waals surface area contributed by atoms with Crippen molar-refractivity contribution in [1.82, 2.24) is 4.57 Å². The Kier molecular flexibility index (Phi) is 9.06. The van der Waals surface area contributed by atoms with Crippen molar-refractivity contribution >= 4 is 70.4 Å². The predicted octanol–water partition coefficient (Wildman–Crippen LogP) is 17.3. The zero-order chi connectivity index (χ0) is 41.7. The molecule has 0 saturated carbocycles. The smallest absolute Gasteiger partial charge is 0.0546 e. The Bertz CT molecular complexity index is 3550. The molecule has 2 heterocycles. The van der Waals surface area contributed by atoms with Gasteiger partial charge in [-0.1, -0.05) is 182 Å². The van der Waals surface area contributed by atoms with Gasteiger partial charge in [0.05, 0.1) is 22.4 Å². The Morgan fingerprint density at radius 1 is 0.317 bits per heavy atom. The molecule has 296 valence electrons. The molecule has 0 aliphatic carbocycles. The molecule has 0 amide bonds. The molecule has 0 aliphatic heterocycles. The third-order valence-electron chi connectivity index (χ3n) is 12.4. The fourth-order valence-corrected chi connectivity index (χ4v) is 10.7. The van der Waals surface area contributed by atoms with Gasteiger partial charge in [0.25, 0.3) is 0 Å². The summed E-state index contributed by atoms with van der Waals surface area (Å²) < 4.78 is 5.07. The Hall–Kier alpha value is -7.98. The Morgan fingerprint density at radius 3 is 1.51 bits per heavy atom. The van der Waals surface area contributed by atoms with Gasteiger partial charge in [0, 0.05) is 53.4 Å². The van der Waals surface area contributed by atoms with E-state index in [1.54, 1.807) is 0 Å². The fraction of sp³-hybridized carbons (Fsp3) is 0. The summed E-state index contributed by atoms with van der Waals surface area (Å²) in [6, 6.07) is 88.4. The van der Waals surface area contributed by atoms with Crippen LogP contribution < -0.4 is 4.90 Å². The van der Waals surface area contributed by atoms with Gasteiger partial charge in [-0.05, 0) is 94.0 Å². The first-order valence-corrected chi connectivity index (χ1v) is 22.3. The molecule has 0 N–H and O–H groups in total. The highest BCUT2D eigenvalue weighted by Gasteiger charge is 2.21. The molecule has 63 heavy (non-hydrogen) atoms. The molecular formula is C60H40N2S. The van der Waals surface area contributed by atoms with E-state index in [0.29, 0.717) is 0 Å². The van der Waals surface area contributed by atoms with E-state index in [0.717, 1.165) is 28.3 Å². The molecule has 0 unspecified atom stereocenters. The number of nitrogens with zero attached hydrogens (tertiary/aromatic N) is 2. The van der Waals surface area contributed by atoms with Crippen molar-refractivity contribution in [2.45, 2.75) is 0 Å². The van der Waals surface area contributed by atoms with Crippen LogP contribution in [0.25, 0.3) is 92.2 Å². The first-order valence-electron chi connectivity index (χ1n) is 21.5. The maximum Gasteiger partial charge on any atom is 0.0546 e. The normalized spacial score (nSPS) is 11.5. The molecule has 3 heteroatoms. The number of hydrogen-bond acceptors (Lipinski definition) is 2. The van der Waals surface area contributed by atoms with Crippen LogP contribution in [0.2, 0.25) is 0 Å². The second kappa shape index (κ2) is 15.5. The largest absolute Gasteiger partial charge is 0.310 e. The lowest BCUT2D eigenvalue weighted by atomic mass is 9.92. The molecular weight excluding hydrogens is 781 g/mol. The number of thiophene rings is 1. The van der Waals surface area contributed by atoms with Gasteiger partial charge in [-0.3, -0.25) is 0 Å². The summed E-state index contributed by atoms with van der Waals surface area (Å²) in [5.41, 5.74) is 16.3. The van der Waals surface area contributed by atoms with Crippen molar-refractivity contribution in [3.63, 3.8) is 0 Å². The number of benzene rings is 10. The van der Waals surface area contributed by atoms with Crippen LogP contribution in [0.4, 0.5) is 17.1 Å². The van der Waals surface area contributed by atoms with E-state index in [2.05, 4.69) is 252 Å². The van der Waals surface area contributed by atoms with Gasteiger partial charge in [-0.2, -0.15) is 0 Å². The maximum atomic E-state index is 2.47. The molecule has 0 aliphatic rings. The van der Waals surface area contributed by atoms with Crippen molar-refractivity contribution < 1.29 is 0 Å². The summed E-state index contributed by atoms with van der Waals surface area (Å²) in [7, 11) is 0. The average Bonchev–Trinajstić information content (AvgIpc) is 3.90. The number of rotatable bonds is 8. The number of fused-ring (bicyclic) bond motifs is 6. The SMILES string of the molecule is c1ccc(-c2ccc(N(c3ccc(-c4cccc(-n5c6ccccc6c6ccccc65)c4-c4ccc5c(c4)sc4ccccc45)cc3)c3ccccc3-c3ccccc3)cc2)cc1. The zero-order valence-electron chi connectivity index (χ0n) is 34.4. The van der Waals surface area contributed by atoms with E-state index in [1.807, 2.05) is 11.3 Å². The third-order valence-corrected chi connectivity index (χ3v) is 13.6. The van der Waals surface area contributed by atoms with Crippen LogP contribution in [0.3, 0.4) is 0 Å². The van der Waals surface area contributed by atoms with E-state index in [4.69, 9.17) is 0 Å². The zero-order valence-corrected chi connectivity index (χ0v) is 35.2. The minimum atomic E-state index is 1.08. The van der Waals surface area contributed by atoms with Gasteiger partial charge in [0.2, 0.25) is 0 Å². The van der Waals surface area contributed by atoms with Crippen molar-refractivity contribution in [1.29, 1.82) is 0 Å². The Morgan fingerprint density at radius 2 is 0.810 bits per heavy atom.